The number of carbonyl (C=O) groups excluding carboxylic acids is 1. The van der Waals surface area contributed by atoms with Crippen molar-refractivity contribution in [1.82, 2.24) is 5.32 Å². The van der Waals surface area contributed by atoms with E-state index in [-0.39, 0.29) is 12.5 Å². The number of thioether (sulfide) groups is 1. The van der Waals surface area contributed by atoms with E-state index in [0.29, 0.717) is 22.2 Å². The van der Waals surface area contributed by atoms with E-state index in [1.165, 1.54) is 0 Å². The molecule has 0 aromatic heterocycles. The smallest absolute Gasteiger partial charge is 0.251 e. The van der Waals surface area contributed by atoms with Crippen LogP contribution >= 0.6 is 35.0 Å². The van der Waals surface area contributed by atoms with Crippen LogP contribution in [-0.2, 0) is 0 Å². The summed E-state index contributed by atoms with van der Waals surface area (Å²) in [6.07, 6.45) is 0.780. The van der Waals surface area contributed by atoms with Gasteiger partial charge in [0.05, 0.1) is 0 Å². The second-order valence-electron chi connectivity index (χ2n) is 3.60. The molecule has 0 heterocycles. The molecule has 0 aliphatic rings. The van der Waals surface area contributed by atoms with Gasteiger partial charge in [-0.1, -0.05) is 23.2 Å². The second-order valence-corrected chi connectivity index (χ2v) is 5.70. The van der Waals surface area contributed by atoms with Gasteiger partial charge in [-0.2, -0.15) is 11.8 Å². The lowest BCUT2D eigenvalue weighted by Gasteiger charge is -2.06. The Bertz CT molecular complexity index is 381. The molecular formula is C12H15Cl2NO2S. The van der Waals surface area contributed by atoms with Gasteiger partial charge >= 0.3 is 0 Å². The quantitative estimate of drug-likeness (QED) is 0.762. The third-order valence-corrected chi connectivity index (χ3v) is 3.61. The van der Waals surface area contributed by atoms with E-state index in [4.69, 9.17) is 28.3 Å². The van der Waals surface area contributed by atoms with Gasteiger partial charge in [-0.3, -0.25) is 4.79 Å². The van der Waals surface area contributed by atoms with Gasteiger partial charge in [0.15, 0.2) is 0 Å². The Balaban J connectivity index is 2.32. The number of nitrogens with one attached hydrogen (secondary N) is 1. The number of benzene rings is 1. The standard InChI is InChI=1S/C12H15Cl2NO2S/c13-10-6-9(7-11(14)8-10)12(17)15-2-5-18-4-1-3-16/h6-8,16H,1-5H2,(H,15,17). The molecule has 0 bridgehead atoms. The molecule has 0 atom stereocenters. The largest absolute Gasteiger partial charge is 0.396 e. The fraction of sp³-hybridized carbons (Fsp3) is 0.417. The van der Waals surface area contributed by atoms with Crippen LogP contribution in [0.1, 0.15) is 16.8 Å². The summed E-state index contributed by atoms with van der Waals surface area (Å²) >= 11 is 13.3. The Kier molecular flexibility index (Phi) is 7.51. The maximum absolute atomic E-state index is 11.8. The molecule has 6 heteroatoms. The Morgan fingerprint density at radius 1 is 1.22 bits per heavy atom. The van der Waals surface area contributed by atoms with Crippen molar-refractivity contribution < 1.29 is 9.90 Å². The normalized spacial score (nSPS) is 10.4. The van der Waals surface area contributed by atoms with Crippen molar-refractivity contribution in [2.75, 3.05) is 24.7 Å². The van der Waals surface area contributed by atoms with E-state index in [2.05, 4.69) is 5.32 Å². The van der Waals surface area contributed by atoms with E-state index in [1.54, 1.807) is 30.0 Å². The molecule has 0 unspecified atom stereocenters. The summed E-state index contributed by atoms with van der Waals surface area (Å²) in [7, 11) is 0. The lowest BCUT2D eigenvalue weighted by atomic mass is 10.2. The SMILES string of the molecule is O=C(NCCSCCCO)c1cc(Cl)cc(Cl)c1. The molecular weight excluding hydrogens is 293 g/mol. The molecule has 1 amide bonds. The zero-order valence-electron chi connectivity index (χ0n) is 9.79. The molecule has 0 aliphatic heterocycles. The molecule has 2 N–H and O–H groups in total. The summed E-state index contributed by atoms with van der Waals surface area (Å²) in [5.74, 6) is 1.54. The van der Waals surface area contributed by atoms with Crippen molar-refractivity contribution in [3.05, 3.63) is 33.8 Å². The summed E-state index contributed by atoms with van der Waals surface area (Å²) < 4.78 is 0. The van der Waals surface area contributed by atoms with Crippen LogP contribution in [0.4, 0.5) is 0 Å². The minimum atomic E-state index is -0.179. The maximum atomic E-state index is 11.8. The van der Waals surface area contributed by atoms with Gasteiger partial charge in [0.1, 0.15) is 0 Å². The molecule has 0 fully saturated rings. The Morgan fingerprint density at radius 2 is 1.89 bits per heavy atom. The summed E-state index contributed by atoms with van der Waals surface area (Å²) in [5.41, 5.74) is 0.466. The summed E-state index contributed by atoms with van der Waals surface area (Å²) in [6, 6.07) is 4.76. The fourth-order valence-corrected chi connectivity index (χ4v) is 2.60. The average Bonchev–Trinajstić information content (AvgIpc) is 2.32. The van der Waals surface area contributed by atoms with Crippen molar-refractivity contribution in [3.63, 3.8) is 0 Å². The van der Waals surface area contributed by atoms with E-state index in [1.807, 2.05) is 0 Å². The lowest BCUT2D eigenvalue weighted by Crippen LogP contribution is -2.25. The molecule has 0 radical (unpaired) electrons. The highest BCUT2D eigenvalue weighted by atomic mass is 35.5. The van der Waals surface area contributed by atoms with Crippen LogP contribution in [0.5, 0.6) is 0 Å². The third kappa shape index (κ3) is 5.96. The van der Waals surface area contributed by atoms with Crippen molar-refractivity contribution in [2.45, 2.75) is 6.42 Å². The fourth-order valence-electron chi connectivity index (χ4n) is 1.29. The highest BCUT2D eigenvalue weighted by Gasteiger charge is 2.06. The van der Waals surface area contributed by atoms with E-state index in [0.717, 1.165) is 17.9 Å². The summed E-state index contributed by atoms with van der Waals surface area (Å²) in [4.78, 5) is 11.8. The summed E-state index contributed by atoms with van der Waals surface area (Å²) in [6.45, 7) is 0.791. The number of carbonyl (C=O) groups is 1. The first-order chi connectivity index (χ1) is 8.63. The van der Waals surface area contributed by atoms with Crippen molar-refractivity contribution in [3.8, 4) is 0 Å². The lowest BCUT2D eigenvalue weighted by molar-refractivity contribution is 0.0956. The number of aliphatic hydroxyl groups excluding tert-OH is 1. The number of aliphatic hydroxyl groups is 1. The van der Waals surface area contributed by atoms with Crippen LogP contribution in [0.15, 0.2) is 18.2 Å². The molecule has 0 saturated carbocycles. The Morgan fingerprint density at radius 3 is 2.50 bits per heavy atom. The Hall–Kier alpha value is -0.420. The van der Waals surface area contributed by atoms with Gasteiger partial charge in [0, 0.05) is 34.5 Å². The van der Waals surface area contributed by atoms with Gasteiger partial charge in [0.2, 0.25) is 0 Å². The molecule has 0 saturated heterocycles. The van der Waals surface area contributed by atoms with Gasteiger partial charge in [-0.15, -0.1) is 0 Å². The Labute approximate surface area is 121 Å². The number of hydrogen-bond donors (Lipinski definition) is 2. The highest BCUT2D eigenvalue weighted by molar-refractivity contribution is 7.99. The van der Waals surface area contributed by atoms with Crippen LogP contribution in [0.2, 0.25) is 10.0 Å². The van der Waals surface area contributed by atoms with Crippen LogP contribution in [0.25, 0.3) is 0 Å². The number of rotatable bonds is 7. The average molecular weight is 308 g/mol. The van der Waals surface area contributed by atoms with Gasteiger partial charge < -0.3 is 10.4 Å². The molecule has 18 heavy (non-hydrogen) atoms. The first kappa shape index (κ1) is 15.6. The van der Waals surface area contributed by atoms with Crippen LogP contribution in [-0.4, -0.2) is 35.7 Å². The van der Waals surface area contributed by atoms with Crippen molar-refractivity contribution >= 4 is 40.9 Å². The predicted octanol–water partition coefficient (Wildman–Crippen LogP) is 2.84. The molecule has 100 valence electrons. The van der Waals surface area contributed by atoms with Crippen LogP contribution in [0, 0.1) is 0 Å². The zero-order valence-corrected chi connectivity index (χ0v) is 12.1. The van der Waals surface area contributed by atoms with Crippen LogP contribution in [0.3, 0.4) is 0 Å². The molecule has 0 aliphatic carbocycles. The molecule has 1 aromatic carbocycles. The van der Waals surface area contributed by atoms with Crippen LogP contribution < -0.4 is 5.32 Å². The van der Waals surface area contributed by atoms with Gasteiger partial charge in [0.25, 0.3) is 5.91 Å². The summed E-state index contributed by atoms with van der Waals surface area (Å²) in [5, 5.41) is 12.3. The van der Waals surface area contributed by atoms with Crippen molar-refractivity contribution in [1.29, 1.82) is 0 Å². The van der Waals surface area contributed by atoms with E-state index in [9.17, 15) is 4.79 Å². The highest BCUT2D eigenvalue weighted by Crippen LogP contribution is 2.18. The number of amides is 1. The second kappa shape index (κ2) is 8.64. The first-order valence-corrected chi connectivity index (χ1v) is 7.47. The monoisotopic (exact) mass is 307 g/mol. The minimum absolute atomic E-state index is 0.179. The zero-order chi connectivity index (χ0) is 13.4. The van der Waals surface area contributed by atoms with Gasteiger partial charge in [-0.05, 0) is 30.4 Å². The number of halogens is 2. The molecule has 0 spiro atoms. The van der Waals surface area contributed by atoms with Gasteiger partial charge in [-0.25, -0.2) is 0 Å². The third-order valence-electron chi connectivity index (χ3n) is 2.10. The topological polar surface area (TPSA) is 49.3 Å². The van der Waals surface area contributed by atoms with Crippen molar-refractivity contribution in [2.24, 2.45) is 0 Å². The molecule has 1 aromatic rings. The number of hydrogen-bond acceptors (Lipinski definition) is 3. The maximum Gasteiger partial charge on any atom is 0.251 e. The molecule has 3 nitrogen and oxygen atoms in total. The first-order valence-electron chi connectivity index (χ1n) is 5.56. The minimum Gasteiger partial charge on any atom is -0.396 e. The van der Waals surface area contributed by atoms with E-state index < -0.39 is 0 Å². The predicted molar refractivity (Wildman–Crippen MR) is 77.8 cm³/mol. The molecule has 1 rings (SSSR count). The van der Waals surface area contributed by atoms with E-state index >= 15 is 0 Å².